The molecule has 2 aliphatic heterocycles. The fraction of sp³-hybridized carbons (Fsp3) is 1.00. The van der Waals surface area contributed by atoms with Gasteiger partial charge in [0.2, 0.25) is 0 Å². The van der Waals surface area contributed by atoms with Crippen LogP contribution in [0.25, 0.3) is 0 Å². The Hall–Kier alpha value is -0.120. The molecular weight excluding hydrogens is 224 g/mol. The third kappa shape index (κ3) is 2.73. The summed E-state index contributed by atoms with van der Waals surface area (Å²) in [5.74, 6) is 0.867. The Balaban J connectivity index is 1.53. The monoisotopic (exact) mass is 252 g/mol. The largest absolute Gasteiger partial charge is 0.380 e. The average molecular weight is 252 g/mol. The Kier molecular flexibility index (Phi) is 3.92. The van der Waals surface area contributed by atoms with Crippen molar-refractivity contribution in [2.24, 2.45) is 11.3 Å². The molecule has 0 bridgehead atoms. The molecule has 3 nitrogen and oxygen atoms in total. The molecule has 0 aromatic carbocycles. The van der Waals surface area contributed by atoms with E-state index in [-0.39, 0.29) is 0 Å². The van der Waals surface area contributed by atoms with Crippen molar-refractivity contribution >= 4 is 0 Å². The maximum Gasteiger partial charge on any atom is 0.0554 e. The Morgan fingerprint density at radius 3 is 2.67 bits per heavy atom. The van der Waals surface area contributed by atoms with Crippen molar-refractivity contribution in [2.75, 3.05) is 26.3 Å². The van der Waals surface area contributed by atoms with Crippen molar-refractivity contribution in [2.45, 2.75) is 57.5 Å². The summed E-state index contributed by atoms with van der Waals surface area (Å²) in [6, 6.07) is 1.53. The lowest BCUT2D eigenvalue weighted by atomic mass is 9.78. The van der Waals surface area contributed by atoms with Gasteiger partial charge in [0.25, 0.3) is 0 Å². The van der Waals surface area contributed by atoms with Gasteiger partial charge in [-0.15, -0.1) is 0 Å². The number of rotatable bonds is 4. The van der Waals surface area contributed by atoms with Gasteiger partial charge in [-0.1, -0.05) is 19.8 Å². The summed E-state index contributed by atoms with van der Waals surface area (Å²) in [7, 11) is 0. The molecule has 104 valence electrons. The summed E-state index contributed by atoms with van der Waals surface area (Å²) in [6.07, 6.45) is 8.40. The van der Waals surface area contributed by atoms with Crippen LogP contribution in [0.1, 0.15) is 45.4 Å². The first-order chi connectivity index (χ1) is 8.77. The van der Waals surface area contributed by atoms with Gasteiger partial charge in [-0.25, -0.2) is 0 Å². The second kappa shape index (κ2) is 5.48. The zero-order chi connectivity index (χ0) is 12.4. The van der Waals surface area contributed by atoms with Crippen LogP contribution in [0.5, 0.6) is 0 Å². The fourth-order valence-electron chi connectivity index (χ4n) is 3.90. The van der Waals surface area contributed by atoms with E-state index in [1.54, 1.807) is 0 Å². The van der Waals surface area contributed by atoms with Gasteiger partial charge in [0.1, 0.15) is 0 Å². The molecule has 3 atom stereocenters. The zero-order valence-electron chi connectivity index (χ0n) is 11.7. The van der Waals surface area contributed by atoms with Crippen LogP contribution in [0.15, 0.2) is 0 Å². The summed E-state index contributed by atoms with van der Waals surface area (Å²) in [6.45, 7) is 6.60. The highest BCUT2D eigenvalue weighted by atomic mass is 16.5. The third-order valence-electron chi connectivity index (χ3n) is 5.13. The number of hydrogen-bond donors (Lipinski definition) is 2. The van der Waals surface area contributed by atoms with E-state index in [2.05, 4.69) is 17.6 Å². The van der Waals surface area contributed by atoms with E-state index in [9.17, 15) is 0 Å². The highest BCUT2D eigenvalue weighted by molar-refractivity contribution is 4.93. The molecule has 2 saturated heterocycles. The standard InChI is InChI=1S/C15H28N2O/c1-15(10-18-11-15)9-17-14-6-3-2-5-12(14)13-7-4-8-16-13/h12-14,16-17H,2-11H2,1H3. The van der Waals surface area contributed by atoms with Crippen LogP contribution in [0.3, 0.4) is 0 Å². The number of nitrogens with one attached hydrogen (secondary N) is 2. The lowest BCUT2D eigenvalue weighted by molar-refractivity contribution is -0.101. The summed E-state index contributed by atoms with van der Waals surface area (Å²) in [5.41, 5.74) is 0.408. The molecule has 1 saturated carbocycles. The van der Waals surface area contributed by atoms with E-state index in [1.807, 2.05) is 0 Å². The van der Waals surface area contributed by atoms with Crippen molar-refractivity contribution in [3.05, 3.63) is 0 Å². The summed E-state index contributed by atoms with van der Waals surface area (Å²) in [4.78, 5) is 0. The molecule has 3 heteroatoms. The maximum absolute atomic E-state index is 5.35. The minimum absolute atomic E-state index is 0.408. The van der Waals surface area contributed by atoms with Gasteiger partial charge >= 0.3 is 0 Å². The number of ether oxygens (including phenoxy) is 1. The molecule has 3 fully saturated rings. The van der Waals surface area contributed by atoms with Gasteiger partial charge in [-0.2, -0.15) is 0 Å². The molecule has 3 rings (SSSR count). The van der Waals surface area contributed by atoms with Gasteiger partial charge in [-0.3, -0.25) is 0 Å². The molecule has 0 aromatic rings. The van der Waals surface area contributed by atoms with Gasteiger partial charge in [-0.05, 0) is 38.1 Å². The minimum atomic E-state index is 0.408. The summed E-state index contributed by atoms with van der Waals surface area (Å²) in [5, 5.41) is 7.59. The van der Waals surface area contributed by atoms with E-state index in [4.69, 9.17) is 4.74 Å². The number of hydrogen-bond acceptors (Lipinski definition) is 3. The Labute approximate surface area is 111 Å². The van der Waals surface area contributed by atoms with Crippen LogP contribution in [0.4, 0.5) is 0 Å². The highest BCUT2D eigenvalue weighted by Gasteiger charge is 2.37. The van der Waals surface area contributed by atoms with Crippen LogP contribution in [0.2, 0.25) is 0 Å². The van der Waals surface area contributed by atoms with Crippen molar-refractivity contribution in [1.82, 2.24) is 10.6 Å². The zero-order valence-corrected chi connectivity index (χ0v) is 11.7. The third-order valence-corrected chi connectivity index (χ3v) is 5.13. The second-order valence-electron chi connectivity index (χ2n) is 6.94. The van der Waals surface area contributed by atoms with Crippen LogP contribution in [-0.2, 0) is 4.74 Å². The highest BCUT2D eigenvalue weighted by Crippen LogP contribution is 2.32. The summed E-state index contributed by atoms with van der Waals surface area (Å²) < 4.78 is 5.35. The molecule has 18 heavy (non-hydrogen) atoms. The minimum Gasteiger partial charge on any atom is -0.380 e. The lowest BCUT2D eigenvalue weighted by Crippen LogP contribution is -2.53. The van der Waals surface area contributed by atoms with Gasteiger partial charge in [0, 0.05) is 24.0 Å². The van der Waals surface area contributed by atoms with Crippen molar-refractivity contribution < 1.29 is 4.74 Å². The SMILES string of the molecule is CC1(CNC2CCCCC2C2CCCN2)COC1. The Bertz CT molecular complexity index is 272. The molecular formula is C15H28N2O. The quantitative estimate of drug-likeness (QED) is 0.802. The molecule has 3 aliphatic rings. The molecule has 0 aromatic heterocycles. The van der Waals surface area contributed by atoms with Crippen LogP contribution in [-0.4, -0.2) is 38.4 Å². The van der Waals surface area contributed by atoms with Crippen molar-refractivity contribution in [3.63, 3.8) is 0 Å². The van der Waals surface area contributed by atoms with E-state index < -0.39 is 0 Å². The van der Waals surface area contributed by atoms with E-state index in [0.29, 0.717) is 5.41 Å². The average Bonchev–Trinajstić information content (AvgIpc) is 2.88. The van der Waals surface area contributed by atoms with Gasteiger partial charge in [0.15, 0.2) is 0 Å². The summed E-state index contributed by atoms with van der Waals surface area (Å²) >= 11 is 0. The van der Waals surface area contributed by atoms with Crippen molar-refractivity contribution in [3.8, 4) is 0 Å². The maximum atomic E-state index is 5.35. The first-order valence-electron chi connectivity index (χ1n) is 7.81. The molecule has 0 amide bonds. The Morgan fingerprint density at radius 1 is 1.17 bits per heavy atom. The normalized spacial score (nSPS) is 39.5. The molecule has 0 spiro atoms. The lowest BCUT2D eigenvalue weighted by Gasteiger charge is -2.42. The van der Waals surface area contributed by atoms with Gasteiger partial charge in [0.05, 0.1) is 13.2 Å². The molecule has 1 aliphatic carbocycles. The Morgan fingerprint density at radius 2 is 2.00 bits per heavy atom. The smallest absolute Gasteiger partial charge is 0.0554 e. The van der Waals surface area contributed by atoms with Crippen LogP contribution >= 0.6 is 0 Å². The first kappa shape index (κ1) is 12.9. The molecule has 0 radical (unpaired) electrons. The predicted octanol–water partition coefficient (Wildman–Crippen LogP) is 1.92. The van der Waals surface area contributed by atoms with E-state index in [0.717, 1.165) is 37.8 Å². The predicted molar refractivity (Wildman–Crippen MR) is 73.7 cm³/mol. The first-order valence-corrected chi connectivity index (χ1v) is 7.81. The van der Waals surface area contributed by atoms with E-state index >= 15 is 0 Å². The molecule has 3 unspecified atom stereocenters. The molecule has 2 N–H and O–H groups in total. The second-order valence-corrected chi connectivity index (χ2v) is 6.94. The fourth-order valence-corrected chi connectivity index (χ4v) is 3.90. The molecule has 2 heterocycles. The van der Waals surface area contributed by atoms with Crippen molar-refractivity contribution in [1.29, 1.82) is 0 Å². The van der Waals surface area contributed by atoms with Gasteiger partial charge < -0.3 is 15.4 Å². The topological polar surface area (TPSA) is 33.3 Å². The van der Waals surface area contributed by atoms with E-state index in [1.165, 1.54) is 45.1 Å². The van der Waals surface area contributed by atoms with Crippen LogP contribution < -0.4 is 10.6 Å². The van der Waals surface area contributed by atoms with Crippen LogP contribution in [0, 0.1) is 11.3 Å².